The maximum atomic E-state index is 6.41. The zero-order valence-electron chi connectivity index (χ0n) is 11.1. The second-order valence-electron chi connectivity index (χ2n) is 5.42. The second-order valence-corrected chi connectivity index (χ2v) is 6.21. The Hall–Kier alpha value is -0.730. The molecule has 1 aliphatic carbocycles. The maximum absolute atomic E-state index is 6.41. The molecule has 2 unspecified atom stereocenters. The van der Waals surface area contributed by atoms with Gasteiger partial charge in [0.05, 0.1) is 16.1 Å². The molecule has 0 spiro atoms. The highest BCUT2D eigenvalue weighted by Gasteiger charge is 2.28. The van der Waals surface area contributed by atoms with Gasteiger partial charge in [0.25, 0.3) is 0 Å². The average Bonchev–Trinajstić information content (AvgIpc) is 2.94. The van der Waals surface area contributed by atoms with E-state index >= 15 is 0 Å². The molecule has 1 aliphatic rings. The molecule has 1 fully saturated rings. The number of hydrogen-bond acceptors (Lipinski definition) is 1. The number of halogens is 2. The first-order chi connectivity index (χ1) is 9.22. The number of rotatable bonds is 3. The molecule has 4 heteroatoms. The van der Waals surface area contributed by atoms with Gasteiger partial charge in [-0.3, -0.25) is 0 Å². The summed E-state index contributed by atoms with van der Waals surface area (Å²) in [7, 11) is 0. The number of aryl methyl sites for hydroxylation is 1. The Kier molecular flexibility index (Phi) is 3.72. The van der Waals surface area contributed by atoms with E-state index in [9.17, 15) is 0 Å². The Labute approximate surface area is 123 Å². The van der Waals surface area contributed by atoms with Crippen molar-refractivity contribution in [1.29, 1.82) is 0 Å². The zero-order valence-corrected chi connectivity index (χ0v) is 12.6. The summed E-state index contributed by atoms with van der Waals surface area (Å²) in [4.78, 5) is 4.74. The summed E-state index contributed by atoms with van der Waals surface area (Å²) in [6.45, 7) is 2.32. The van der Waals surface area contributed by atoms with Crippen LogP contribution in [0.1, 0.15) is 38.1 Å². The van der Waals surface area contributed by atoms with E-state index in [0.29, 0.717) is 17.8 Å². The van der Waals surface area contributed by atoms with Gasteiger partial charge < -0.3 is 4.57 Å². The molecule has 0 N–H and O–H groups in total. The molecule has 1 heterocycles. The summed E-state index contributed by atoms with van der Waals surface area (Å²) >= 11 is 12.3. The molecule has 2 atom stereocenters. The third kappa shape index (κ3) is 2.25. The standard InChI is InChI=1S/C15H18Cl2N2/c1-10-4-2-7-13(10)19-14(8-9-16)18-12-6-3-5-11(17)15(12)19/h3,5-6,10,13H,2,4,7-9H2,1H3. The van der Waals surface area contributed by atoms with Gasteiger partial charge in [-0.1, -0.05) is 31.0 Å². The maximum Gasteiger partial charge on any atom is 0.111 e. The SMILES string of the molecule is CC1CCCC1n1c(CCCl)nc2cccc(Cl)c21. The first-order valence-corrected chi connectivity index (χ1v) is 7.85. The molecule has 1 aromatic heterocycles. The number of fused-ring (bicyclic) bond motifs is 1. The van der Waals surface area contributed by atoms with Gasteiger partial charge in [-0.2, -0.15) is 0 Å². The fraction of sp³-hybridized carbons (Fsp3) is 0.533. The van der Waals surface area contributed by atoms with Crippen LogP contribution in [0.5, 0.6) is 0 Å². The van der Waals surface area contributed by atoms with E-state index in [0.717, 1.165) is 28.3 Å². The third-order valence-electron chi connectivity index (χ3n) is 4.20. The minimum Gasteiger partial charge on any atom is -0.323 e. The van der Waals surface area contributed by atoms with Crippen LogP contribution in [0.4, 0.5) is 0 Å². The lowest BCUT2D eigenvalue weighted by molar-refractivity contribution is 0.406. The van der Waals surface area contributed by atoms with Crippen molar-refractivity contribution in [3.8, 4) is 0 Å². The van der Waals surface area contributed by atoms with Crippen LogP contribution in [0.25, 0.3) is 11.0 Å². The van der Waals surface area contributed by atoms with Gasteiger partial charge in [-0.05, 0) is 30.9 Å². The van der Waals surface area contributed by atoms with Gasteiger partial charge >= 0.3 is 0 Å². The van der Waals surface area contributed by atoms with Gasteiger partial charge in [0.2, 0.25) is 0 Å². The van der Waals surface area contributed by atoms with Crippen LogP contribution >= 0.6 is 23.2 Å². The van der Waals surface area contributed by atoms with Crippen LogP contribution in [-0.4, -0.2) is 15.4 Å². The first kappa shape index (κ1) is 13.3. The summed E-state index contributed by atoms with van der Waals surface area (Å²) < 4.78 is 2.36. The van der Waals surface area contributed by atoms with Crippen molar-refractivity contribution < 1.29 is 0 Å². The smallest absolute Gasteiger partial charge is 0.111 e. The molecule has 0 saturated heterocycles. The molecule has 1 aromatic carbocycles. The van der Waals surface area contributed by atoms with Crippen LogP contribution in [-0.2, 0) is 6.42 Å². The Morgan fingerprint density at radius 3 is 2.89 bits per heavy atom. The lowest BCUT2D eigenvalue weighted by atomic mass is 10.1. The zero-order chi connectivity index (χ0) is 13.4. The van der Waals surface area contributed by atoms with Gasteiger partial charge in [-0.25, -0.2) is 4.98 Å². The largest absolute Gasteiger partial charge is 0.323 e. The highest BCUT2D eigenvalue weighted by Crippen LogP contribution is 2.39. The van der Waals surface area contributed by atoms with Gasteiger partial charge in [0.1, 0.15) is 5.82 Å². The number of imidazole rings is 1. The van der Waals surface area contributed by atoms with Gasteiger partial charge in [0, 0.05) is 18.3 Å². The van der Waals surface area contributed by atoms with E-state index in [4.69, 9.17) is 28.2 Å². The highest BCUT2D eigenvalue weighted by molar-refractivity contribution is 6.35. The van der Waals surface area contributed by atoms with Crippen LogP contribution in [0, 0.1) is 5.92 Å². The average molecular weight is 297 g/mol. The number of hydrogen-bond donors (Lipinski definition) is 0. The molecule has 0 amide bonds. The lowest BCUT2D eigenvalue weighted by Crippen LogP contribution is -2.15. The number of nitrogens with zero attached hydrogens (tertiary/aromatic N) is 2. The number of para-hydroxylation sites is 1. The fourth-order valence-electron chi connectivity index (χ4n) is 3.28. The Morgan fingerprint density at radius 2 is 2.21 bits per heavy atom. The summed E-state index contributed by atoms with van der Waals surface area (Å²) in [6.07, 6.45) is 4.59. The van der Waals surface area contributed by atoms with Crippen LogP contribution in [0.3, 0.4) is 0 Å². The van der Waals surface area contributed by atoms with Crippen molar-refractivity contribution in [3.05, 3.63) is 29.0 Å². The molecule has 2 nitrogen and oxygen atoms in total. The summed E-state index contributed by atoms with van der Waals surface area (Å²) in [6, 6.07) is 6.47. The number of benzene rings is 1. The van der Waals surface area contributed by atoms with Gasteiger partial charge in [-0.15, -0.1) is 11.6 Å². The molecular weight excluding hydrogens is 279 g/mol. The van der Waals surface area contributed by atoms with Crippen LogP contribution < -0.4 is 0 Å². The van der Waals surface area contributed by atoms with Crippen LogP contribution in [0.2, 0.25) is 5.02 Å². The van der Waals surface area contributed by atoms with Crippen molar-refractivity contribution in [1.82, 2.24) is 9.55 Å². The Balaban J connectivity index is 2.20. The predicted molar refractivity (Wildman–Crippen MR) is 81.2 cm³/mol. The van der Waals surface area contributed by atoms with E-state index in [1.165, 1.54) is 19.3 Å². The van der Waals surface area contributed by atoms with E-state index < -0.39 is 0 Å². The molecule has 0 bridgehead atoms. The van der Waals surface area contributed by atoms with Crippen LogP contribution in [0.15, 0.2) is 18.2 Å². The number of aromatic nitrogens is 2. The fourth-order valence-corrected chi connectivity index (χ4v) is 3.71. The van der Waals surface area contributed by atoms with E-state index in [1.807, 2.05) is 18.2 Å². The topological polar surface area (TPSA) is 17.8 Å². The van der Waals surface area contributed by atoms with Crippen molar-refractivity contribution in [3.63, 3.8) is 0 Å². The van der Waals surface area contributed by atoms with Crippen molar-refractivity contribution in [2.24, 2.45) is 5.92 Å². The molecule has 1 saturated carbocycles. The quantitative estimate of drug-likeness (QED) is 0.742. The first-order valence-electron chi connectivity index (χ1n) is 6.93. The number of alkyl halides is 1. The van der Waals surface area contributed by atoms with Crippen molar-refractivity contribution >= 4 is 34.2 Å². The molecule has 102 valence electrons. The minimum absolute atomic E-state index is 0.517. The lowest BCUT2D eigenvalue weighted by Gasteiger charge is -2.21. The predicted octanol–water partition coefficient (Wildman–Crippen LogP) is 4.83. The molecule has 19 heavy (non-hydrogen) atoms. The second kappa shape index (κ2) is 5.34. The summed E-state index contributed by atoms with van der Waals surface area (Å²) in [5.74, 6) is 2.36. The normalized spacial score (nSPS) is 23.3. The molecule has 0 aliphatic heterocycles. The van der Waals surface area contributed by atoms with Crippen molar-refractivity contribution in [2.75, 3.05) is 5.88 Å². The summed E-state index contributed by atoms with van der Waals surface area (Å²) in [5.41, 5.74) is 2.08. The third-order valence-corrected chi connectivity index (χ3v) is 4.69. The molecule has 2 aromatic rings. The minimum atomic E-state index is 0.517. The highest BCUT2D eigenvalue weighted by atomic mass is 35.5. The van der Waals surface area contributed by atoms with Gasteiger partial charge in [0.15, 0.2) is 0 Å². The van der Waals surface area contributed by atoms with E-state index in [2.05, 4.69) is 11.5 Å². The molecular formula is C15H18Cl2N2. The van der Waals surface area contributed by atoms with E-state index in [-0.39, 0.29) is 0 Å². The molecule has 3 rings (SSSR count). The van der Waals surface area contributed by atoms with Crippen molar-refractivity contribution in [2.45, 2.75) is 38.6 Å². The summed E-state index contributed by atoms with van der Waals surface area (Å²) in [5, 5.41) is 0.796. The Bertz CT molecular complexity index is 591. The molecule has 0 radical (unpaired) electrons. The Morgan fingerprint density at radius 1 is 1.37 bits per heavy atom. The monoisotopic (exact) mass is 296 g/mol. The van der Waals surface area contributed by atoms with E-state index in [1.54, 1.807) is 0 Å².